The molecule has 2 aromatic carbocycles. The maximum absolute atomic E-state index is 3.85. The molecule has 0 nitrogen and oxygen atoms in total. The maximum Gasteiger partial charge on any atom is 0.0645 e. The van der Waals surface area contributed by atoms with E-state index in [0.29, 0.717) is 4.83 Å². The number of alkyl halides is 1. The molecule has 1 unspecified atom stereocenters. The molecule has 19 heavy (non-hydrogen) atoms. The zero-order chi connectivity index (χ0) is 13.2. The summed E-state index contributed by atoms with van der Waals surface area (Å²) in [6.07, 6.45) is 5.19. The third-order valence-electron chi connectivity index (χ3n) is 3.81. The van der Waals surface area contributed by atoms with Crippen molar-refractivity contribution in [3.05, 3.63) is 68.3 Å². The Morgan fingerprint density at radius 3 is 2.42 bits per heavy atom. The van der Waals surface area contributed by atoms with Crippen molar-refractivity contribution in [3.63, 3.8) is 0 Å². The van der Waals surface area contributed by atoms with Gasteiger partial charge in [-0.25, -0.2) is 0 Å². The molecule has 1 aliphatic carbocycles. The van der Waals surface area contributed by atoms with Gasteiger partial charge >= 0.3 is 0 Å². The van der Waals surface area contributed by atoms with Crippen LogP contribution < -0.4 is 0 Å². The molecule has 0 aliphatic heterocycles. The van der Waals surface area contributed by atoms with Crippen molar-refractivity contribution < 1.29 is 0 Å². The first-order valence-corrected chi connectivity index (χ1v) is 8.75. The molecule has 0 bridgehead atoms. The first kappa shape index (κ1) is 13.6. The number of benzene rings is 2. The van der Waals surface area contributed by atoms with Crippen LogP contribution >= 0.6 is 38.5 Å². The molecule has 0 fully saturated rings. The fourth-order valence-electron chi connectivity index (χ4n) is 2.77. The number of rotatable bonds is 2. The van der Waals surface area contributed by atoms with E-state index in [1.807, 2.05) is 0 Å². The van der Waals surface area contributed by atoms with E-state index >= 15 is 0 Å². The van der Waals surface area contributed by atoms with Gasteiger partial charge in [0.1, 0.15) is 0 Å². The minimum Gasteiger partial charge on any atom is -0.0786 e. The fraction of sp³-hybridized carbons (Fsp3) is 0.294. The molecule has 0 saturated carbocycles. The van der Waals surface area contributed by atoms with Crippen LogP contribution in [0.4, 0.5) is 0 Å². The quantitative estimate of drug-likeness (QED) is 0.429. The van der Waals surface area contributed by atoms with Crippen LogP contribution in [0.25, 0.3) is 0 Å². The third-order valence-corrected chi connectivity index (χ3v) is 5.53. The molecule has 0 radical (unpaired) electrons. The highest BCUT2D eigenvalue weighted by molar-refractivity contribution is 14.1. The highest BCUT2D eigenvalue weighted by Gasteiger charge is 2.14. The minimum atomic E-state index is 0.300. The first-order chi connectivity index (χ1) is 9.24. The van der Waals surface area contributed by atoms with Gasteiger partial charge in [-0.15, -0.1) is 0 Å². The highest BCUT2D eigenvalue weighted by Crippen LogP contribution is 2.33. The van der Waals surface area contributed by atoms with Crippen LogP contribution in [0.15, 0.2) is 42.5 Å². The maximum atomic E-state index is 3.85. The van der Waals surface area contributed by atoms with Gasteiger partial charge in [0.05, 0.1) is 4.83 Å². The lowest BCUT2D eigenvalue weighted by Crippen LogP contribution is -2.04. The van der Waals surface area contributed by atoms with Crippen molar-refractivity contribution in [3.8, 4) is 0 Å². The molecule has 1 atom stereocenters. The molecule has 0 amide bonds. The zero-order valence-electron chi connectivity index (χ0n) is 10.7. The van der Waals surface area contributed by atoms with Crippen molar-refractivity contribution in [1.29, 1.82) is 0 Å². The third kappa shape index (κ3) is 3.05. The molecule has 98 valence electrons. The predicted octanol–water partition coefficient (Wildman–Crippen LogP) is 5.65. The zero-order valence-corrected chi connectivity index (χ0v) is 14.4. The van der Waals surface area contributed by atoms with E-state index < -0.39 is 0 Å². The Morgan fingerprint density at radius 1 is 0.895 bits per heavy atom. The smallest absolute Gasteiger partial charge is 0.0645 e. The van der Waals surface area contributed by atoms with E-state index in [1.54, 1.807) is 11.1 Å². The Labute approximate surface area is 136 Å². The van der Waals surface area contributed by atoms with E-state index in [0.717, 1.165) is 0 Å². The number of halogens is 2. The second kappa shape index (κ2) is 5.96. The summed E-state index contributed by atoms with van der Waals surface area (Å²) in [4.78, 5) is 0.300. The monoisotopic (exact) mass is 426 g/mol. The van der Waals surface area contributed by atoms with Crippen molar-refractivity contribution in [1.82, 2.24) is 0 Å². The van der Waals surface area contributed by atoms with Crippen LogP contribution in [0.5, 0.6) is 0 Å². The average molecular weight is 427 g/mol. The topological polar surface area (TPSA) is 0 Å². The number of aryl methyl sites for hydroxylation is 2. The van der Waals surface area contributed by atoms with Gasteiger partial charge in [-0.3, -0.25) is 0 Å². The van der Waals surface area contributed by atoms with Gasteiger partial charge in [-0.1, -0.05) is 46.3 Å². The van der Waals surface area contributed by atoms with E-state index in [9.17, 15) is 0 Å². The predicted molar refractivity (Wildman–Crippen MR) is 93.0 cm³/mol. The van der Waals surface area contributed by atoms with Gasteiger partial charge < -0.3 is 0 Å². The second-order valence-corrected chi connectivity index (χ2v) is 7.31. The lowest BCUT2D eigenvalue weighted by Gasteiger charge is -2.19. The van der Waals surface area contributed by atoms with E-state index in [-0.39, 0.29) is 0 Å². The van der Waals surface area contributed by atoms with Crippen LogP contribution in [0.2, 0.25) is 0 Å². The summed E-state index contributed by atoms with van der Waals surface area (Å²) in [5, 5.41) is 0. The van der Waals surface area contributed by atoms with Gasteiger partial charge in [-0.05, 0) is 82.7 Å². The van der Waals surface area contributed by atoms with Crippen LogP contribution in [0.1, 0.15) is 39.9 Å². The Balaban J connectivity index is 1.93. The number of fused-ring (bicyclic) bond motifs is 1. The summed E-state index contributed by atoms with van der Waals surface area (Å²) in [7, 11) is 0. The molecular formula is C17H16BrI. The molecular weight excluding hydrogens is 411 g/mol. The standard InChI is InChI=1S/C17H16BrI/c18-17(14-6-3-7-16(19)11-14)15-9-8-12-4-1-2-5-13(12)10-15/h3,6-11,17H,1-2,4-5H2. The average Bonchev–Trinajstić information content (AvgIpc) is 2.46. The van der Waals surface area contributed by atoms with Gasteiger partial charge in [0.2, 0.25) is 0 Å². The summed E-state index contributed by atoms with van der Waals surface area (Å²) < 4.78 is 1.29. The largest absolute Gasteiger partial charge is 0.0786 e. The van der Waals surface area contributed by atoms with Gasteiger partial charge in [0, 0.05) is 3.57 Å². The van der Waals surface area contributed by atoms with Gasteiger partial charge in [0.25, 0.3) is 0 Å². The minimum absolute atomic E-state index is 0.300. The SMILES string of the molecule is BrC(c1cccc(I)c1)c1ccc2c(c1)CCCC2. The molecule has 2 aromatic rings. The first-order valence-electron chi connectivity index (χ1n) is 6.75. The van der Waals surface area contributed by atoms with Crippen LogP contribution in [-0.2, 0) is 12.8 Å². The van der Waals surface area contributed by atoms with E-state index in [4.69, 9.17) is 0 Å². The van der Waals surface area contributed by atoms with Crippen molar-refractivity contribution in [2.45, 2.75) is 30.5 Å². The van der Waals surface area contributed by atoms with Gasteiger partial charge in [-0.2, -0.15) is 0 Å². The molecule has 0 spiro atoms. The highest BCUT2D eigenvalue weighted by atomic mass is 127. The molecule has 0 N–H and O–H groups in total. The Morgan fingerprint density at radius 2 is 1.63 bits per heavy atom. The van der Waals surface area contributed by atoms with Crippen LogP contribution in [0.3, 0.4) is 0 Å². The Bertz CT molecular complexity index is 592. The molecule has 0 aromatic heterocycles. The van der Waals surface area contributed by atoms with Crippen molar-refractivity contribution in [2.75, 3.05) is 0 Å². The normalized spacial score (nSPS) is 15.9. The Kier molecular flexibility index (Phi) is 4.27. The lowest BCUT2D eigenvalue weighted by molar-refractivity contribution is 0.684. The van der Waals surface area contributed by atoms with E-state index in [2.05, 4.69) is 81.0 Å². The number of hydrogen-bond donors (Lipinski definition) is 0. The summed E-state index contributed by atoms with van der Waals surface area (Å²) >= 11 is 6.22. The van der Waals surface area contributed by atoms with Crippen LogP contribution in [-0.4, -0.2) is 0 Å². The molecule has 2 heteroatoms. The fourth-order valence-corrected chi connectivity index (χ4v) is 3.90. The number of hydrogen-bond acceptors (Lipinski definition) is 0. The summed E-state index contributed by atoms with van der Waals surface area (Å²) in [5.41, 5.74) is 5.82. The van der Waals surface area contributed by atoms with Crippen molar-refractivity contribution >= 4 is 38.5 Å². The lowest BCUT2D eigenvalue weighted by atomic mass is 9.89. The summed E-state index contributed by atoms with van der Waals surface area (Å²) in [6, 6.07) is 15.7. The van der Waals surface area contributed by atoms with Crippen LogP contribution in [0, 0.1) is 3.57 Å². The second-order valence-electron chi connectivity index (χ2n) is 5.15. The summed E-state index contributed by atoms with van der Waals surface area (Å²) in [5.74, 6) is 0. The van der Waals surface area contributed by atoms with Gasteiger partial charge in [0.15, 0.2) is 0 Å². The molecule has 0 heterocycles. The Hall–Kier alpha value is -0.350. The molecule has 1 aliphatic rings. The molecule has 0 saturated heterocycles. The molecule has 3 rings (SSSR count). The summed E-state index contributed by atoms with van der Waals surface area (Å²) in [6.45, 7) is 0. The van der Waals surface area contributed by atoms with E-state index in [1.165, 1.54) is 40.4 Å². The van der Waals surface area contributed by atoms with Crippen molar-refractivity contribution in [2.24, 2.45) is 0 Å².